The van der Waals surface area contributed by atoms with Gasteiger partial charge in [-0.05, 0) is 74.6 Å². The average molecular weight is 412 g/mol. The molecular weight excluding hydrogens is 378 g/mol. The second-order valence-electron chi connectivity index (χ2n) is 8.44. The molecule has 1 unspecified atom stereocenters. The van der Waals surface area contributed by atoms with Crippen LogP contribution in [-0.2, 0) is 10.2 Å². The molecule has 1 aliphatic rings. The highest BCUT2D eigenvalue weighted by atomic mass is 16.5. The summed E-state index contributed by atoms with van der Waals surface area (Å²) in [5.74, 6) is 2.31. The van der Waals surface area contributed by atoms with Crippen molar-refractivity contribution in [3.63, 3.8) is 0 Å². The Morgan fingerprint density at radius 2 is 1.70 bits per heavy atom. The second-order valence-corrected chi connectivity index (χ2v) is 8.44. The van der Waals surface area contributed by atoms with E-state index in [1.54, 1.807) is 21.3 Å². The maximum Gasteiger partial charge on any atom is 0.161 e. The van der Waals surface area contributed by atoms with E-state index in [-0.39, 0.29) is 11.0 Å². The van der Waals surface area contributed by atoms with Crippen molar-refractivity contribution in [3.05, 3.63) is 53.6 Å². The third-order valence-electron chi connectivity index (χ3n) is 5.91. The summed E-state index contributed by atoms with van der Waals surface area (Å²) < 4.78 is 22.1. The molecule has 0 bridgehead atoms. The van der Waals surface area contributed by atoms with Gasteiger partial charge < -0.3 is 18.9 Å². The first-order valence-electron chi connectivity index (χ1n) is 10.4. The zero-order chi connectivity index (χ0) is 21.6. The van der Waals surface area contributed by atoms with Crippen LogP contribution in [0.25, 0.3) is 0 Å². The van der Waals surface area contributed by atoms with Gasteiger partial charge >= 0.3 is 0 Å². The molecule has 2 aromatic carbocycles. The normalized spacial score (nSPS) is 20.8. The van der Waals surface area contributed by atoms with Crippen LogP contribution in [0.2, 0.25) is 0 Å². The average Bonchev–Trinajstić information content (AvgIpc) is 2.76. The summed E-state index contributed by atoms with van der Waals surface area (Å²) in [6.45, 7) is 5.86. The van der Waals surface area contributed by atoms with Gasteiger partial charge in [-0.25, -0.2) is 0 Å². The zero-order valence-electron chi connectivity index (χ0n) is 18.7. The van der Waals surface area contributed by atoms with Crippen molar-refractivity contribution in [2.75, 3.05) is 34.5 Å². The van der Waals surface area contributed by atoms with Crippen molar-refractivity contribution in [2.45, 2.75) is 44.1 Å². The summed E-state index contributed by atoms with van der Waals surface area (Å²) in [5, 5.41) is 0. The summed E-state index contributed by atoms with van der Waals surface area (Å²) in [6.07, 6.45) is 4.84. The van der Waals surface area contributed by atoms with E-state index in [1.165, 1.54) is 5.56 Å². The molecule has 1 saturated heterocycles. The Kier molecular flexibility index (Phi) is 7.03. The number of nitrogens with zero attached hydrogens (tertiary/aromatic N) is 1. The lowest BCUT2D eigenvalue weighted by Gasteiger charge is -2.45. The van der Waals surface area contributed by atoms with Gasteiger partial charge in [0.05, 0.1) is 26.9 Å². The molecule has 5 heteroatoms. The molecule has 5 nitrogen and oxygen atoms in total. The van der Waals surface area contributed by atoms with Gasteiger partial charge in [-0.2, -0.15) is 0 Å². The lowest BCUT2D eigenvalue weighted by Crippen LogP contribution is -2.44. The molecule has 30 heavy (non-hydrogen) atoms. The number of methoxy groups -OCH3 is 3. The Morgan fingerprint density at radius 3 is 2.33 bits per heavy atom. The molecule has 1 atom stereocenters. The van der Waals surface area contributed by atoms with Crippen LogP contribution in [0.15, 0.2) is 47.5 Å². The summed E-state index contributed by atoms with van der Waals surface area (Å²) in [4.78, 5) is 4.73. The monoisotopic (exact) mass is 411 g/mol. The minimum atomic E-state index is -0.148. The number of hydrogen-bond donors (Lipinski definition) is 0. The van der Waals surface area contributed by atoms with Crippen molar-refractivity contribution in [2.24, 2.45) is 4.99 Å². The van der Waals surface area contributed by atoms with E-state index in [2.05, 4.69) is 26.0 Å². The minimum absolute atomic E-state index is 0.0446. The van der Waals surface area contributed by atoms with Crippen LogP contribution in [0.4, 0.5) is 0 Å². The SMILES string of the molecule is COc1ccc(C2(CCN=Cc3ccc(OC)c(OC)c3)CCOC(C)(C)C2)cc1. The van der Waals surface area contributed by atoms with E-state index in [1.807, 2.05) is 36.5 Å². The van der Waals surface area contributed by atoms with Gasteiger partial charge in [-0.15, -0.1) is 0 Å². The lowest BCUT2D eigenvalue weighted by molar-refractivity contribution is -0.0836. The van der Waals surface area contributed by atoms with Gasteiger partial charge in [0.1, 0.15) is 5.75 Å². The van der Waals surface area contributed by atoms with E-state index in [0.29, 0.717) is 5.75 Å². The first-order valence-corrected chi connectivity index (χ1v) is 10.4. The smallest absolute Gasteiger partial charge is 0.161 e. The van der Waals surface area contributed by atoms with E-state index in [9.17, 15) is 0 Å². The fourth-order valence-corrected chi connectivity index (χ4v) is 4.41. The predicted molar refractivity (Wildman–Crippen MR) is 121 cm³/mol. The van der Waals surface area contributed by atoms with Crippen molar-refractivity contribution in [1.82, 2.24) is 0 Å². The van der Waals surface area contributed by atoms with Crippen LogP contribution in [-0.4, -0.2) is 46.3 Å². The Morgan fingerprint density at radius 1 is 0.967 bits per heavy atom. The Labute approximate surface area is 180 Å². The highest BCUT2D eigenvalue weighted by Gasteiger charge is 2.41. The Bertz CT molecular complexity index is 860. The maximum atomic E-state index is 6.02. The number of aliphatic imine (C=N–C) groups is 1. The van der Waals surface area contributed by atoms with E-state index in [0.717, 1.165) is 49.5 Å². The minimum Gasteiger partial charge on any atom is -0.497 e. The fraction of sp³-hybridized carbons (Fsp3) is 0.480. The summed E-state index contributed by atoms with van der Waals surface area (Å²) in [7, 11) is 4.98. The molecule has 0 aliphatic carbocycles. The fourth-order valence-electron chi connectivity index (χ4n) is 4.41. The van der Waals surface area contributed by atoms with E-state index >= 15 is 0 Å². The Balaban J connectivity index is 1.76. The topological polar surface area (TPSA) is 49.3 Å². The van der Waals surface area contributed by atoms with Crippen LogP contribution in [0.1, 0.15) is 44.2 Å². The standard InChI is InChI=1S/C25H33NO4/c1-24(2)18-25(13-15-30-24,20-7-9-21(27-3)10-8-20)12-14-26-17-19-6-11-22(28-4)23(16-19)29-5/h6-11,16-17H,12-15,18H2,1-5H3. The number of benzene rings is 2. The van der Waals surface area contributed by atoms with Crippen molar-refractivity contribution in [3.8, 4) is 17.2 Å². The Hall–Kier alpha value is -2.53. The molecule has 1 fully saturated rings. The van der Waals surface area contributed by atoms with Crippen LogP contribution in [0, 0.1) is 0 Å². The molecule has 1 heterocycles. The third kappa shape index (κ3) is 5.14. The highest BCUT2D eigenvalue weighted by Crippen LogP contribution is 2.44. The van der Waals surface area contributed by atoms with Gasteiger partial charge in [0.25, 0.3) is 0 Å². The zero-order valence-corrected chi connectivity index (χ0v) is 18.7. The van der Waals surface area contributed by atoms with Crippen LogP contribution in [0.5, 0.6) is 17.2 Å². The molecule has 0 amide bonds. The predicted octanol–water partition coefficient (Wildman–Crippen LogP) is 5.05. The first-order chi connectivity index (χ1) is 14.4. The van der Waals surface area contributed by atoms with Gasteiger partial charge in [0.15, 0.2) is 11.5 Å². The number of hydrogen-bond acceptors (Lipinski definition) is 5. The van der Waals surface area contributed by atoms with E-state index < -0.39 is 0 Å². The molecule has 0 N–H and O–H groups in total. The van der Waals surface area contributed by atoms with Gasteiger partial charge in [-0.1, -0.05) is 12.1 Å². The van der Waals surface area contributed by atoms with Crippen LogP contribution in [0.3, 0.4) is 0 Å². The molecule has 1 aliphatic heterocycles. The molecule has 0 aromatic heterocycles. The summed E-state index contributed by atoms with van der Waals surface area (Å²) >= 11 is 0. The highest BCUT2D eigenvalue weighted by molar-refractivity contribution is 5.80. The van der Waals surface area contributed by atoms with Crippen molar-refractivity contribution in [1.29, 1.82) is 0 Å². The van der Waals surface area contributed by atoms with Crippen molar-refractivity contribution < 1.29 is 18.9 Å². The molecule has 3 rings (SSSR count). The summed E-state index contributed by atoms with van der Waals surface area (Å²) in [6, 6.07) is 14.3. The molecule has 0 spiro atoms. The van der Waals surface area contributed by atoms with Gasteiger partial charge in [0, 0.05) is 24.8 Å². The number of ether oxygens (including phenoxy) is 4. The lowest BCUT2D eigenvalue weighted by atomic mass is 9.67. The molecule has 0 saturated carbocycles. The maximum absolute atomic E-state index is 6.02. The third-order valence-corrected chi connectivity index (χ3v) is 5.91. The number of rotatable bonds is 8. The van der Waals surface area contributed by atoms with Gasteiger partial charge in [0.2, 0.25) is 0 Å². The molecule has 2 aromatic rings. The van der Waals surface area contributed by atoms with E-state index in [4.69, 9.17) is 23.9 Å². The van der Waals surface area contributed by atoms with Crippen LogP contribution < -0.4 is 14.2 Å². The molecule has 0 radical (unpaired) electrons. The quantitative estimate of drug-likeness (QED) is 0.571. The summed E-state index contributed by atoms with van der Waals surface area (Å²) in [5.41, 5.74) is 2.23. The largest absolute Gasteiger partial charge is 0.497 e. The first kappa shape index (κ1) is 22.2. The van der Waals surface area contributed by atoms with Crippen LogP contribution >= 0.6 is 0 Å². The van der Waals surface area contributed by atoms with Crippen molar-refractivity contribution >= 4 is 6.21 Å². The van der Waals surface area contributed by atoms with Gasteiger partial charge in [-0.3, -0.25) is 4.99 Å². The molecule has 162 valence electrons. The second kappa shape index (κ2) is 9.52. The molecular formula is C25H33NO4.